The van der Waals surface area contributed by atoms with Crippen LogP contribution in [0.3, 0.4) is 0 Å². The summed E-state index contributed by atoms with van der Waals surface area (Å²) < 4.78 is 26.1. The summed E-state index contributed by atoms with van der Waals surface area (Å²) in [6, 6.07) is 6.84. The molecule has 0 spiro atoms. The SMILES string of the molecule is Bc1ccc(Nc2n[s+]([O-])nc2N[C@@H](c2ccc(C)o2)C(C)(C)C)c(O)c1C(=O)N(C)C. The number of phenolic OH excluding ortho intramolecular Hbond substituents is 1. The molecular formula is C21H28BN5O4S. The second-order valence-electron chi connectivity index (χ2n) is 8.98. The van der Waals surface area contributed by atoms with Crippen molar-refractivity contribution in [3.63, 3.8) is 0 Å². The molecule has 0 bridgehead atoms. The van der Waals surface area contributed by atoms with E-state index in [1.54, 1.807) is 34.1 Å². The Labute approximate surface area is 191 Å². The van der Waals surface area contributed by atoms with Crippen molar-refractivity contribution >= 4 is 47.7 Å². The van der Waals surface area contributed by atoms with Crippen LogP contribution in [0.2, 0.25) is 0 Å². The minimum Gasteiger partial charge on any atom is -0.546 e. The maximum absolute atomic E-state index is 12.5. The van der Waals surface area contributed by atoms with Crippen LogP contribution in [0.5, 0.6) is 5.75 Å². The van der Waals surface area contributed by atoms with Gasteiger partial charge < -0.3 is 29.6 Å². The Bertz CT molecular complexity index is 1140. The average Bonchev–Trinajstić information content (AvgIpc) is 3.26. The first kappa shape index (κ1) is 23.6. The van der Waals surface area contributed by atoms with E-state index in [-0.39, 0.29) is 46.0 Å². The number of carbonyl (C=O) groups excluding carboxylic acids is 1. The molecule has 2 aromatic heterocycles. The number of aromatic hydroxyl groups is 1. The molecule has 2 heterocycles. The van der Waals surface area contributed by atoms with Crippen molar-refractivity contribution in [3.05, 3.63) is 41.3 Å². The molecule has 0 radical (unpaired) electrons. The Morgan fingerprint density at radius 3 is 2.44 bits per heavy atom. The summed E-state index contributed by atoms with van der Waals surface area (Å²) in [5, 5.41) is 17.0. The minimum atomic E-state index is -1.82. The van der Waals surface area contributed by atoms with E-state index in [9.17, 15) is 14.5 Å². The third kappa shape index (κ3) is 4.89. The van der Waals surface area contributed by atoms with Gasteiger partial charge in [-0.2, -0.15) is 0 Å². The fourth-order valence-corrected chi connectivity index (χ4v) is 3.94. The Hall–Kier alpha value is -3.05. The normalized spacial score (nSPS) is 13.0. The fraction of sp³-hybridized carbons (Fsp3) is 0.381. The van der Waals surface area contributed by atoms with Gasteiger partial charge in [0.15, 0.2) is 16.9 Å². The van der Waals surface area contributed by atoms with E-state index in [1.807, 2.05) is 39.8 Å². The summed E-state index contributed by atoms with van der Waals surface area (Å²) in [7, 11) is 4.97. The van der Waals surface area contributed by atoms with Gasteiger partial charge in [0, 0.05) is 22.8 Å². The summed E-state index contributed by atoms with van der Waals surface area (Å²) in [5.74, 6) is 1.43. The highest BCUT2D eigenvalue weighted by Gasteiger charge is 2.32. The van der Waals surface area contributed by atoms with Gasteiger partial charge in [0.05, 0.1) is 17.3 Å². The molecule has 0 saturated carbocycles. The van der Waals surface area contributed by atoms with E-state index in [2.05, 4.69) is 19.4 Å². The van der Waals surface area contributed by atoms with Crippen LogP contribution in [0.25, 0.3) is 0 Å². The number of hydrogen-bond donors (Lipinski definition) is 3. The lowest BCUT2D eigenvalue weighted by Crippen LogP contribution is -2.28. The van der Waals surface area contributed by atoms with Crippen LogP contribution in [0.1, 0.15) is 48.7 Å². The molecule has 0 aliphatic carbocycles. The van der Waals surface area contributed by atoms with Crippen LogP contribution in [0.4, 0.5) is 17.3 Å². The summed E-state index contributed by atoms with van der Waals surface area (Å²) >= 11 is -1.82. The predicted molar refractivity (Wildman–Crippen MR) is 128 cm³/mol. The van der Waals surface area contributed by atoms with Crippen molar-refractivity contribution in [1.29, 1.82) is 0 Å². The third-order valence-corrected chi connectivity index (χ3v) is 5.69. The molecule has 2 atom stereocenters. The number of phenols is 1. The zero-order valence-corrected chi connectivity index (χ0v) is 20.1. The van der Waals surface area contributed by atoms with E-state index >= 15 is 0 Å². The van der Waals surface area contributed by atoms with Gasteiger partial charge in [-0.05, 0) is 30.5 Å². The smallest absolute Gasteiger partial charge is 0.256 e. The van der Waals surface area contributed by atoms with E-state index in [1.165, 1.54) is 4.90 Å². The third-order valence-electron chi connectivity index (χ3n) is 5.02. The van der Waals surface area contributed by atoms with Crippen molar-refractivity contribution in [2.75, 3.05) is 24.7 Å². The van der Waals surface area contributed by atoms with E-state index in [4.69, 9.17) is 4.42 Å². The molecule has 1 unspecified atom stereocenters. The Morgan fingerprint density at radius 1 is 1.22 bits per heavy atom. The van der Waals surface area contributed by atoms with E-state index in [0.29, 0.717) is 11.2 Å². The van der Waals surface area contributed by atoms with Gasteiger partial charge in [0.1, 0.15) is 19.4 Å². The number of aryl methyl sites for hydroxylation is 1. The number of benzene rings is 1. The maximum atomic E-state index is 12.5. The Kier molecular flexibility index (Phi) is 6.52. The largest absolute Gasteiger partial charge is 0.546 e. The molecule has 3 N–H and O–H groups in total. The quantitative estimate of drug-likeness (QED) is 0.293. The summed E-state index contributed by atoms with van der Waals surface area (Å²) in [4.78, 5) is 13.9. The zero-order chi connectivity index (χ0) is 23.8. The zero-order valence-electron chi connectivity index (χ0n) is 19.3. The molecule has 3 rings (SSSR count). The van der Waals surface area contributed by atoms with Crippen LogP contribution < -0.4 is 16.1 Å². The molecule has 1 amide bonds. The highest BCUT2D eigenvalue weighted by atomic mass is 32.2. The van der Waals surface area contributed by atoms with Crippen LogP contribution in [-0.2, 0) is 0 Å². The molecule has 0 aliphatic heterocycles. The molecule has 32 heavy (non-hydrogen) atoms. The Balaban J connectivity index is 1.97. The Morgan fingerprint density at radius 2 is 1.88 bits per heavy atom. The minimum absolute atomic E-state index is 0.185. The lowest BCUT2D eigenvalue weighted by Gasteiger charge is -2.29. The van der Waals surface area contributed by atoms with Crippen molar-refractivity contribution in [2.24, 2.45) is 5.41 Å². The van der Waals surface area contributed by atoms with Gasteiger partial charge in [0.2, 0.25) is 11.6 Å². The monoisotopic (exact) mass is 457 g/mol. The second kappa shape index (κ2) is 8.83. The molecule has 3 aromatic rings. The molecule has 11 heteroatoms. The number of nitrogens with zero attached hydrogens (tertiary/aromatic N) is 3. The number of carbonyl (C=O) groups is 1. The molecule has 0 fully saturated rings. The standard InChI is InChI=1S/C21H28BN5O4S/c1-11-7-10-14(31-11)17(21(2,3)4)24-19-18(25-32(30)26-19)23-13-9-8-12(22)15(16(13)28)20(29)27(5)6/h7-10,17,28H,22H2,1-6H3,(H,23,25)(H,24,26)/t17-,32?/m0/s1. The van der Waals surface area contributed by atoms with Crippen molar-refractivity contribution < 1.29 is 18.9 Å². The average molecular weight is 457 g/mol. The fourth-order valence-electron chi connectivity index (χ4n) is 3.31. The van der Waals surface area contributed by atoms with Gasteiger partial charge in [-0.1, -0.05) is 32.3 Å². The number of hydrogen-bond acceptors (Lipinski definition) is 8. The van der Waals surface area contributed by atoms with Crippen molar-refractivity contribution in [2.45, 2.75) is 33.7 Å². The van der Waals surface area contributed by atoms with E-state index < -0.39 is 11.1 Å². The molecule has 170 valence electrons. The molecule has 1 aromatic carbocycles. The summed E-state index contributed by atoms with van der Waals surface area (Å²) in [5.41, 5.74) is 0.815. The molecular weight excluding hydrogens is 429 g/mol. The van der Waals surface area contributed by atoms with Crippen LogP contribution in [0.15, 0.2) is 28.7 Å². The number of aromatic nitrogens is 2. The first-order valence-electron chi connectivity index (χ1n) is 10.1. The first-order valence-corrected chi connectivity index (χ1v) is 11.2. The number of rotatable bonds is 6. The molecule has 0 saturated heterocycles. The van der Waals surface area contributed by atoms with Crippen molar-refractivity contribution in [3.8, 4) is 5.75 Å². The lowest BCUT2D eigenvalue weighted by molar-refractivity contribution is 0.0826. The van der Waals surface area contributed by atoms with Gasteiger partial charge in [-0.25, -0.2) is 0 Å². The first-order chi connectivity index (χ1) is 14.9. The van der Waals surface area contributed by atoms with Crippen LogP contribution >= 0.6 is 11.1 Å². The number of amides is 1. The topological polar surface area (TPSA) is 127 Å². The highest BCUT2D eigenvalue weighted by Crippen LogP contribution is 2.39. The summed E-state index contributed by atoms with van der Waals surface area (Å²) in [6.45, 7) is 8.01. The number of furan rings is 1. The van der Waals surface area contributed by atoms with Crippen molar-refractivity contribution in [1.82, 2.24) is 13.6 Å². The number of nitrogens with one attached hydrogen (secondary N) is 2. The summed E-state index contributed by atoms with van der Waals surface area (Å²) in [6.07, 6.45) is 0. The van der Waals surface area contributed by atoms with Gasteiger partial charge >= 0.3 is 0 Å². The maximum Gasteiger partial charge on any atom is 0.256 e. The molecule has 0 aliphatic rings. The molecule has 9 nitrogen and oxygen atoms in total. The van der Waals surface area contributed by atoms with Gasteiger partial charge in [-0.15, -0.1) is 0 Å². The van der Waals surface area contributed by atoms with E-state index in [0.717, 1.165) is 5.76 Å². The van der Waals surface area contributed by atoms with Gasteiger partial charge in [0.25, 0.3) is 5.91 Å². The second-order valence-corrected chi connectivity index (χ2v) is 9.81. The van der Waals surface area contributed by atoms with Crippen LogP contribution in [0, 0.1) is 12.3 Å². The number of anilines is 3. The predicted octanol–water partition coefficient (Wildman–Crippen LogP) is 2.71. The van der Waals surface area contributed by atoms with Gasteiger partial charge in [-0.3, -0.25) is 4.79 Å². The highest BCUT2D eigenvalue weighted by molar-refractivity contribution is 7.14. The lowest BCUT2D eigenvalue weighted by atomic mass is 9.85. The van der Waals surface area contributed by atoms with Crippen LogP contribution in [-0.4, -0.2) is 51.2 Å².